The summed E-state index contributed by atoms with van der Waals surface area (Å²) in [6, 6.07) is 3.17. The highest BCUT2D eigenvalue weighted by atomic mass is 33.1. The van der Waals surface area contributed by atoms with E-state index in [0.29, 0.717) is 23.6 Å². The van der Waals surface area contributed by atoms with Gasteiger partial charge in [0.25, 0.3) is 11.5 Å². The molecule has 0 saturated carbocycles. The summed E-state index contributed by atoms with van der Waals surface area (Å²) in [4.78, 5) is 120. The number of carboxylic acid groups (broad SMARTS) is 2. The fourth-order valence-corrected chi connectivity index (χ4v) is 11.2. The van der Waals surface area contributed by atoms with Gasteiger partial charge in [-0.3, -0.25) is 44.4 Å². The van der Waals surface area contributed by atoms with Crippen molar-refractivity contribution >= 4 is 85.7 Å². The highest BCUT2D eigenvalue weighted by Crippen LogP contribution is 2.50. The number of ketones is 3. The number of carboxylic acids is 2. The Balaban J connectivity index is 0.962. The van der Waals surface area contributed by atoms with Crippen LogP contribution in [0.25, 0.3) is 11.2 Å². The number of nitrogen functional groups attached to an aromatic ring is 1. The molecular formula is C45H58N12O12S2. The van der Waals surface area contributed by atoms with Crippen molar-refractivity contribution in [1.82, 2.24) is 46.1 Å². The maximum atomic E-state index is 14.3. The number of fused-ring (bicyclic) bond motifs is 3. The van der Waals surface area contributed by atoms with Gasteiger partial charge < -0.3 is 52.0 Å². The van der Waals surface area contributed by atoms with Gasteiger partial charge >= 0.3 is 18.0 Å². The van der Waals surface area contributed by atoms with Crippen LogP contribution in [0.15, 0.2) is 57.8 Å². The average Bonchev–Trinajstić information content (AvgIpc) is 3.80. The molecule has 0 radical (unpaired) electrons. The SMILES string of the molecule is CO[C@]12[C@H](C)NCN1C1=C(C(=O)C(NC(C)(C)CCSSC[C@H](NC(C)(C)C(=O)CC[C@H](NC(=O)c3ccc(NCc4cnc5nc(N)[nH]c(=O)c5n4)cc3)C(=O)O)C(=O)O)=C(C)C1=O)[C@H]2COC(N)=O. The maximum absolute atomic E-state index is 14.3. The Morgan fingerprint density at radius 2 is 1.70 bits per heavy atom. The molecule has 1 aromatic carbocycles. The minimum Gasteiger partial charge on any atom is -0.480 e. The summed E-state index contributed by atoms with van der Waals surface area (Å²) in [7, 11) is 4.11. The number of anilines is 2. The molecule has 1 aliphatic carbocycles. The number of nitrogens with one attached hydrogen (secondary N) is 6. The van der Waals surface area contributed by atoms with Gasteiger partial charge in [0.05, 0.1) is 54.0 Å². The molecule has 382 valence electrons. The molecule has 3 aliphatic rings. The van der Waals surface area contributed by atoms with Crippen LogP contribution in [-0.4, -0.2) is 143 Å². The van der Waals surface area contributed by atoms with Gasteiger partial charge in [-0.1, -0.05) is 21.6 Å². The number of hydrogen-bond acceptors (Lipinski definition) is 21. The molecule has 2 aliphatic heterocycles. The third kappa shape index (κ3) is 11.8. The van der Waals surface area contributed by atoms with E-state index in [1.54, 1.807) is 24.0 Å². The van der Waals surface area contributed by atoms with Crippen molar-refractivity contribution in [3.05, 3.63) is 74.6 Å². The minimum absolute atomic E-state index is 0.0210. The van der Waals surface area contributed by atoms with E-state index >= 15 is 0 Å². The fourth-order valence-electron chi connectivity index (χ4n) is 8.69. The van der Waals surface area contributed by atoms with Gasteiger partial charge in [-0.15, -0.1) is 0 Å². The van der Waals surface area contributed by atoms with E-state index in [2.05, 4.69) is 46.5 Å². The summed E-state index contributed by atoms with van der Waals surface area (Å²) < 4.78 is 11.2. The third-order valence-corrected chi connectivity index (χ3v) is 15.0. The van der Waals surface area contributed by atoms with Crippen molar-refractivity contribution in [2.24, 2.45) is 11.7 Å². The number of carbonyl (C=O) groups excluding carboxylic acids is 5. The van der Waals surface area contributed by atoms with Gasteiger partial charge in [-0.05, 0) is 78.6 Å². The monoisotopic (exact) mass is 1020 g/mol. The topological polar surface area (TPSA) is 365 Å². The summed E-state index contributed by atoms with van der Waals surface area (Å²) in [5, 5.41) is 35.0. The van der Waals surface area contributed by atoms with Crippen LogP contribution in [-0.2, 0) is 40.0 Å². The fraction of sp³-hybridized carbons (Fsp3) is 0.489. The van der Waals surface area contributed by atoms with Crippen molar-refractivity contribution < 1.29 is 53.2 Å². The van der Waals surface area contributed by atoms with Gasteiger partial charge in [0.1, 0.15) is 18.7 Å². The molecule has 1 fully saturated rings. The molecule has 0 spiro atoms. The quantitative estimate of drug-likeness (QED) is 0.0344. The van der Waals surface area contributed by atoms with Gasteiger partial charge in [0.2, 0.25) is 17.5 Å². The molecule has 24 nitrogen and oxygen atoms in total. The number of carbonyl (C=O) groups is 7. The molecule has 6 rings (SSSR count). The van der Waals surface area contributed by atoms with Crippen LogP contribution in [0, 0.1) is 5.92 Å². The van der Waals surface area contributed by atoms with Crippen LogP contribution in [0.2, 0.25) is 0 Å². The van der Waals surface area contributed by atoms with E-state index in [-0.39, 0.29) is 95.5 Å². The normalized spacial score (nSPS) is 19.8. The molecule has 12 N–H and O–H groups in total. The summed E-state index contributed by atoms with van der Waals surface area (Å²) in [5.74, 6) is -4.89. The number of amides is 2. The number of primary amides is 1. The molecule has 2 aromatic heterocycles. The predicted octanol–water partition coefficient (Wildman–Crippen LogP) is 1.40. The van der Waals surface area contributed by atoms with E-state index in [9.17, 15) is 48.6 Å². The average molecular weight is 1020 g/mol. The molecule has 4 heterocycles. The zero-order valence-electron chi connectivity index (χ0n) is 40.1. The second kappa shape index (κ2) is 21.8. The number of Topliss-reactive ketones (excluding diaryl/α,β-unsaturated/α-hetero) is 3. The van der Waals surface area contributed by atoms with Crippen molar-refractivity contribution in [3.8, 4) is 0 Å². The van der Waals surface area contributed by atoms with Crippen molar-refractivity contribution in [2.45, 2.75) is 102 Å². The standard InChI is InChI=1S/C45H58N12O12S2/c1-21-31(35(60)30-26(18-69-42(47)67)45(68-7)22(2)50-20-57(45)33(30)34(21)59)56-43(3,4)14-15-70-71-19-28(40(65)66)55-44(5,6)29(58)13-12-27(39(63)64)52-37(61)23-8-10-24(11-9-23)48-16-25-17-49-36-32(51-25)38(62)54-41(46)53-36/h8-11,17,22,26-28,48,50,55-56H,12-16,18-20H2,1-7H3,(H2,47,67)(H,52,61)(H,63,64)(H,65,66)(H3,46,49,53,54,62)/t22-,26+,27-,28-,45-/m0/s1. The number of rotatable bonds is 24. The van der Waals surface area contributed by atoms with E-state index < -0.39 is 75.9 Å². The number of aliphatic carboxylic acids is 2. The molecule has 2 amide bonds. The summed E-state index contributed by atoms with van der Waals surface area (Å²) in [6.07, 6.45) is 0.314. The lowest BCUT2D eigenvalue weighted by atomic mass is 9.81. The number of aromatic amines is 1. The molecule has 3 aromatic rings. The van der Waals surface area contributed by atoms with E-state index in [1.165, 1.54) is 60.9 Å². The Kier molecular flexibility index (Phi) is 16.5. The van der Waals surface area contributed by atoms with E-state index in [1.807, 2.05) is 20.8 Å². The Morgan fingerprint density at radius 1 is 1.01 bits per heavy atom. The minimum atomic E-state index is -1.43. The number of allylic oxidation sites excluding steroid dienone is 2. The largest absolute Gasteiger partial charge is 0.480 e. The van der Waals surface area contributed by atoms with Crippen molar-refractivity contribution in [1.29, 1.82) is 0 Å². The zero-order valence-corrected chi connectivity index (χ0v) is 41.7. The van der Waals surface area contributed by atoms with E-state index in [4.69, 9.17) is 20.9 Å². The number of methoxy groups -OCH3 is 1. The van der Waals surface area contributed by atoms with Gasteiger partial charge in [-0.2, -0.15) is 4.98 Å². The molecule has 0 unspecified atom stereocenters. The Morgan fingerprint density at radius 3 is 2.35 bits per heavy atom. The number of aromatic nitrogens is 4. The lowest BCUT2D eigenvalue weighted by Gasteiger charge is -2.39. The van der Waals surface area contributed by atoms with Crippen LogP contribution < -0.4 is 43.6 Å². The first-order valence-corrected chi connectivity index (χ1v) is 24.9. The summed E-state index contributed by atoms with van der Waals surface area (Å²) >= 11 is 0. The lowest BCUT2D eigenvalue weighted by molar-refractivity contribution is -0.140. The predicted molar refractivity (Wildman–Crippen MR) is 262 cm³/mol. The Labute approximate surface area is 415 Å². The van der Waals surface area contributed by atoms with Crippen molar-refractivity contribution in [3.63, 3.8) is 0 Å². The highest BCUT2D eigenvalue weighted by molar-refractivity contribution is 8.76. The molecule has 1 saturated heterocycles. The van der Waals surface area contributed by atoms with Gasteiger partial charge in [-0.25, -0.2) is 19.6 Å². The first-order valence-electron chi connectivity index (χ1n) is 22.4. The summed E-state index contributed by atoms with van der Waals surface area (Å²) in [5.41, 5.74) is 9.00. The number of ether oxygens (including phenoxy) is 2. The smallest absolute Gasteiger partial charge is 0.404 e. The Bertz CT molecular complexity index is 2750. The number of hydrogen-bond donors (Lipinski definition) is 10. The maximum Gasteiger partial charge on any atom is 0.404 e. The second-order valence-corrected chi connectivity index (χ2v) is 21.0. The zero-order chi connectivity index (χ0) is 52.2. The van der Waals surface area contributed by atoms with Gasteiger partial charge in [0.15, 0.2) is 22.7 Å². The molecular weight excluding hydrogens is 965 g/mol. The second-order valence-electron chi connectivity index (χ2n) is 18.3. The van der Waals surface area contributed by atoms with Gasteiger partial charge in [0, 0.05) is 53.0 Å². The first kappa shape index (κ1) is 53.7. The van der Waals surface area contributed by atoms with Crippen LogP contribution in [0.3, 0.4) is 0 Å². The van der Waals surface area contributed by atoms with Crippen molar-refractivity contribution in [2.75, 3.05) is 42.9 Å². The number of nitrogens with zero attached hydrogens (tertiary/aromatic N) is 4. The molecule has 71 heavy (non-hydrogen) atoms. The van der Waals surface area contributed by atoms with E-state index in [0.717, 1.165) is 0 Å². The number of H-pyrrole nitrogens is 1. The highest BCUT2D eigenvalue weighted by Gasteiger charge is 2.64. The van der Waals surface area contributed by atoms with Crippen LogP contribution in [0.4, 0.5) is 16.4 Å². The van der Waals surface area contributed by atoms with Crippen LogP contribution >= 0.6 is 21.6 Å². The van der Waals surface area contributed by atoms with Crippen LogP contribution in [0.1, 0.15) is 76.9 Å². The van der Waals surface area contributed by atoms with Crippen LogP contribution in [0.5, 0.6) is 0 Å². The number of nitrogens with two attached hydrogens (primary N) is 2. The lowest BCUT2D eigenvalue weighted by Crippen LogP contribution is -2.55. The Hall–Kier alpha value is -6.61. The number of benzene rings is 1. The molecule has 26 heteroatoms. The summed E-state index contributed by atoms with van der Waals surface area (Å²) in [6.45, 7) is 10.3. The first-order chi connectivity index (χ1) is 33.4. The molecule has 5 atom stereocenters. The third-order valence-electron chi connectivity index (χ3n) is 12.6. The molecule has 0 bridgehead atoms.